The van der Waals surface area contributed by atoms with Crippen molar-refractivity contribution in [2.24, 2.45) is 0 Å². The number of aryl methyl sites for hydroxylation is 2. The van der Waals surface area contributed by atoms with Crippen LogP contribution in [-0.2, 0) is 30.7 Å². The molecule has 0 saturated carbocycles. The first-order chi connectivity index (χ1) is 9.28. The zero-order valence-electron chi connectivity index (χ0n) is 13.0. The first kappa shape index (κ1) is 16.2. The molecule has 4 heteroatoms. The number of nitrogens with one attached hydrogen (secondary N) is 1. The van der Waals surface area contributed by atoms with Gasteiger partial charge in [-0.1, -0.05) is 20.8 Å². The van der Waals surface area contributed by atoms with Gasteiger partial charge in [0.25, 0.3) is 0 Å². The molecular formula is C15H29N3O. The van der Waals surface area contributed by atoms with Crippen LogP contribution in [0.25, 0.3) is 0 Å². The Morgan fingerprint density at radius 2 is 1.95 bits per heavy atom. The second kappa shape index (κ2) is 9.10. The van der Waals surface area contributed by atoms with E-state index >= 15 is 0 Å². The van der Waals surface area contributed by atoms with E-state index in [1.54, 1.807) is 7.11 Å². The molecule has 1 aromatic heterocycles. The van der Waals surface area contributed by atoms with Gasteiger partial charge in [-0.25, -0.2) is 0 Å². The minimum Gasteiger partial charge on any atom is -0.385 e. The largest absolute Gasteiger partial charge is 0.385 e. The molecule has 0 aliphatic rings. The topological polar surface area (TPSA) is 39.1 Å². The molecule has 110 valence electrons. The Kier molecular flexibility index (Phi) is 7.75. The lowest BCUT2D eigenvalue weighted by molar-refractivity contribution is 0.191. The number of ether oxygens (including phenoxy) is 1. The quantitative estimate of drug-likeness (QED) is 0.662. The monoisotopic (exact) mass is 267 g/mol. The second-order valence-corrected chi connectivity index (χ2v) is 4.78. The number of nitrogens with zero attached hydrogens (tertiary/aromatic N) is 2. The van der Waals surface area contributed by atoms with Gasteiger partial charge in [0.15, 0.2) is 0 Å². The van der Waals surface area contributed by atoms with E-state index in [9.17, 15) is 0 Å². The van der Waals surface area contributed by atoms with Crippen molar-refractivity contribution in [1.82, 2.24) is 15.1 Å². The van der Waals surface area contributed by atoms with Crippen LogP contribution in [0.2, 0.25) is 0 Å². The summed E-state index contributed by atoms with van der Waals surface area (Å²) in [6.07, 6.45) is 4.30. The van der Waals surface area contributed by atoms with Gasteiger partial charge in [-0.3, -0.25) is 4.68 Å². The van der Waals surface area contributed by atoms with Crippen molar-refractivity contribution < 1.29 is 4.74 Å². The molecule has 1 heterocycles. The van der Waals surface area contributed by atoms with E-state index in [1.165, 1.54) is 17.0 Å². The summed E-state index contributed by atoms with van der Waals surface area (Å²) in [6.45, 7) is 10.3. The molecule has 0 aliphatic heterocycles. The molecule has 19 heavy (non-hydrogen) atoms. The van der Waals surface area contributed by atoms with E-state index in [0.717, 1.165) is 51.9 Å². The maximum Gasteiger partial charge on any atom is 0.0669 e. The summed E-state index contributed by atoms with van der Waals surface area (Å²) in [6, 6.07) is 0. The fraction of sp³-hybridized carbons (Fsp3) is 0.800. The Balaban J connectivity index is 2.76. The van der Waals surface area contributed by atoms with Gasteiger partial charge in [0, 0.05) is 38.1 Å². The molecule has 0 aromatic carbocycles. The van der Waals surface area contributed by atoms with E-state index in [0.29, 0.717) is 0 Å². The van der Waals surface area contributed by atoms with Gasteiger partial charge < -0.3 is 10.1 Å². The maximum absolute atomic E-state index is 5.10. The zero-order valence-corrected chi connectivity index (χ0v) is 13.0. The molecule has 0 radical (unpaired) electrons. The number of methoxy groups -OCH3 is 1. The Labute approximate surface area is 117 Å². The molecule has 1 rings (SSSR count). The molecule has 0 unspecified atom stereocenters. The van der Waals surface area contributed by atoms with Crippen LogP contribution >= 0.6 is 0 Å². The zero-order chi connectivity index (χ0) is 14.1. The summed E-state index contributed by atoms with van der Waals surface area (Å²) in [4.78, 5) is 0. The van der Waals surface area contributed by atoms with Crippen LogP contribution in [0.3, 0.4) is 0 Å². The van der Waals surface area contributed by atoms with Crippen LogP contribution in [0.5, 0.6) is 0 Å². The van der Waals surface area contributed by atoms with Crippen LogP contribution in [0.1, 0.15) is 50.6 Å². The summed E-state index contributed by atoms with van der Waals surface area (Å²) >= 11 is 0. The predicted molar refractivity (Wildman–Crippen MR) is 79.5 cm³/mol. The fourth-order valence-corrected chi connectivity index (χ4v) is 2.42. The highest BCUT2D eigenvalue weighted by molar-refractivity contribution is 5.26. The highest BCUT2D eigenvalue weighted by Crippen LogP contribution is 2.17. The molecule has 0 atom stereocenters. The lowest BCUT2D eigenvalue weighted by Gasteiger charge is -2.08. The molecule has 0 bridgehead atoms. The highest BCUT2D eigenvalue weighted by atomic mass is 16.5. The fourth-order valence-electron chi connectivity index (χ4n) is 2.42. The van der Waals surface area contributed by atoms with Crippen LogP contribution in [-0.4, -0.2) is 30.0 Å². The van der Waals surface area contributed by atoms with Crippen LogP contribution in [0, 0.1) is 0 Å². The van der Waals surface area contributed by atoms with Crippen molar-refractivity contribution in [3.63, 3.8) is 0 Å². The Bertz CT molecular complexity index is 361. The number of aromatic nitrogens is 2. The normalized spacial score (nSPS) is 11.2. The van der Waals surface area contributed by atoms with Gasteiger partial charge in [-0.15, -0.1) is 0 Å². The number of hydrogen-bond acceptors (Lipinski definition) is 3. The number of rotatable bonds is 10. The van der Waals surface area contributed by atoms with Crippen molar-refractivity contribution in [1.29, 1.82) is 0 Å². The molecule has 0 fully saturated rings. The van der Waals surface area contributed by atoms with E-state index in [2.05, 4.69) is 30.8 Å². The van der Waals surface area contributed by atoms with E-state index in [1.807, 2.05) is 0 Å². The molecule has 1 aromatic rings. The SMILES string of the molecule is CCNCc1c(CC)nn(CCCCOC)c1CC. The van der Waals surface area contributed by atoms with Crippen LogP contribution < -0.4 is 5.32 Å². The highest BCUT2D eigenvalue weighted by Gasteiger charge is 2.14. The molecule has 0 amide bonds. The molecular weight excluding hydrogens is 238 g/mol. The third kappa shape index (κ3) is 4.62. The minimum atomic E-state index is 0.841. The average Bonchev–Trinajstić information content (AvgIpc) is 2.78. The second-order valence-electron chi connectivity index (χ2n) is 4.78. The average molecular weight is 267 g/mol. The molecule has 0 saturated heterocycles. The van der Waals surface area contributed by atoms with Gasteiger partial charge in [0.05, 0.1) is 5.69 Å². The maximum atomic E-state index is 5.10. The van der Waals surface area contributed by atoms with Gasteiger partial charge in [0.2, 0.25) is 0 Å². The summed E-state index contributed by atoms with van der Waals surface area (Å²) in [5, 5.41) is 8.22. The Morgan fingerprint density at radius 3 is 2.53 bits per heavy atom. The number of hydrogen-bond donors (Lipinski definition) is 1. The Hall–Kier alpha value is -0.870. The van der Waals surface area contributed by atoms with Gasteiger partial charge in [-0.2, -0.15) is 5.10 Å². The standard InChI is InChI=1S/C15H29N3O/c1-5-14-13(12-16-7-3)15(6-2)18(17-14)10-8-9-11-19-4/h16H,5-12H2,1-4H3. The summed E-state index contributed by atoms with van der Waals surface area (Å²) in [5.41, 5.74) is 4.07. The first-order valence-electron chi connectivity index (χ1n) is 7.55. The molecule has 0 aliphatic carbocycles. The number of unbranched alkanes of at least 4 members (excludes halogenated alkanes) is 1. The van der Waals surface area contributed by atoms with Crippen molar-refractivity contribution in [3.8, 4) is 0 Å². The lowest BCUT2D eigenvalue weighted by atomic mass is 10.1. The van der Waals surface area contributed by atoms with Crippen molar-refractivity contribution in [2.75, 3.05) is 20.3 Å². The summed E-state index contributed by atoms with van der Waals surface area (Å²) in [7, 11) is 1.76. The van der Waals surface area contributed by atoms with Crippen LogP contribution in [0.15, 0.2) is 0 Å². The van der Waals surface area contributed by atoms with E-state index in [4.69, 9.17) is 9.84 Å². The lowest BCUT2D eigenvalue weighted by Crippen LogP contribution is -2.14. The third-order valence-corrected chi connectivity index (χ3v) is 3.44. The van der Waals surface area contributed by atoms with Crippen molar-refractivity contribution in [3.05, 3.63) is 17.0 Å². The van der Waals surface area contributed by atoms with Crippen molar-refractivity contribution >= 4 is 0 Å². The molecule has 1 N–H and O–H groups in total. The minimum absolute atomic E-state index is 0.841. The Morgan fingerprint density at radius 1 is 1.16 bits per heavy atom. The molecule has 0 spiro atoms. The smallest absolute Gasteiger partial charge is 0.0669 e. The predicted octanol–water partition coefficient (Wildman–Crippen LogP) is 2.54. The van der Waals surface area contributed by atoms with Crippen molar-refractivity contribution in [2.45, 2.75) is 59.5 Å². The molecule has 4 nitrogen and oxygen atoms in total. The van der Waals surface area contributed by atoms with E-state index < -0.39 is 0 Å². The van der Waals surface area contributed by atoms with E-state index in [-0.39, 0.29) is 0 Å². The van der Waals surface area contributed by atoms with Gasteiger partial charge in [-0.05, 0) is 32.2 Å². The van der Waals surface area contributed by atoms with Crippen LogP contribution in [0.4, 0.5) is 0 Å². The summed E-state index contributed by atoms with van der Waals surface area (Å²) < 4.78 is 7.31. The summed E-state index contributed by atoms with van der Waals surface area (Å²) in [5.74, 6) is 0. The third-order valence-electron chi connectivity index (χ3n) is 3.44. The van der Waals surface area contributed by atoms with Gasteiger partial charge >= 0.3 is 0 Å². The first-order valence-corrected chi connectivity index (χ1v) is 7.55. The van der Waals surface area contributed by atoms with Gasteiger partial charge in [0.1, 0.15) is 0 Å².